The van der Waals surface area contributed by atoms with Gasteiger partial charge in [-0.1, -0.05) is 24.3 Å². The molecule has 2 rings (SSSR count). The highest BCUT2D eigenvalue weighted by molar-refractivity contribution is 14.1. The lowest BCUT2D eigenvalue weighted by atomic mass is 10.0. The van der Waals surface area contributed by atoms with Crippen LogP contribution < -0.4 is 4.74 Å². The molecule has 0 spiro atoms. The molecule has 0 heterocycles. The highest BCUT2D eigenvalue weighted by Crippen LogP contribution is 2.24. The van der Waals surface area contributed by atoms with Gasteiger partial charge in [-0.25, -0.2) is 0 Å². The second-order valence-corrected chi connectivity index (χ2v) is 4.97. The first-order chi connectivity index (χ1) is 8.20. The zero-order valence-electron chi connectivity index (χ0n) is 9.43. The Bertz CT molecular complexity index is 477. The molecular formula is C14H13IO2. The molecule has 0 amide bonds. The van der Waals surface area contributed by atoms with Crippen molar-refractivity contribution in [2.24, 2.45) is 0 Å². The quantitative estimate of drug-likeness (QED) is 0.868. The van der Waals surface area contributed by atoms with Gasteiger partial charge < -0.3 is 9.84 Å². The molecular weight excluding hydrogens is 327 g/mol. The van der Waals surface area contributed by atoms with Gasteiger partial charge in [0.1, 0.15) is 11.9 Å². The molecule has 88 valence electrons. The fourth-order valence-electron chi connectivity index (χ4n) is 1.62. The summed E-state index contributed by atoms with van der Waals surface area (Å²) in [5.74, 6) is 0.795. The third kappa shape index (κ3) is 2.98. The van der Waals surface area contributed by atoms with E-state index in [4.69, 9.17) is 4.74 Å². The molecule has 2 aromatic rings. The van der Waals surface area contributed by atoms with Gasteiger partial charge in [0.25, 0.3) is 0 Å². The maximum Gasteiger partial charge on any atom is 0.118 e. The summed E-state index contributed by atoms with van der Waals surface area (Å²) in [6.07, 6.45) is -0.585. The maximum atomic E-state index is 10.2. The lowest BCUT2D eigenvalue weighted by Crippen LogP contribution is -1.99. The van der Waals surface area contributed by atoms with Crippen molar-refractivity contribution in [2.75, 3.05) is 7.11 Å². The topological polar surface area (TPSA) is 29.5 Å². The molecule has 17 heavy (non-hydrogen) atoms. The van der Waals surface area contributed by atoms with E-state index in [9.17, 15) is 5.11 Å². The monoisotopic (exact) mass is 340 g/mol. The number of ether oxygens (including phenoxy) is 1. The summed E-state index contributed by atoms with van der Waals surface area (Å²) < 4.78 is 6.25. The van der Waals surface area contributed by atoms with Crippen LogP contribution in [-0.4, -0.2) is 12.2 Å². The predicted molar refractivity (Wildman–Crippen MR) is 76.2 cm³/mol. The molecule has 0 radical (unpaired) electrons. The summed E-state index contributed by atoms with van der Waals surface area (Å²) in [6, 6.07) is 15.3. The van der Waals surface area contributed by atoms with E-state index in [0.717, 1.165) is 20.4 Å². The van der Waals surface area contributed by atoms with E-state index in [1.165, 1.54) is 0 Å². The summed E-state index contributed by atoms with van der Waals surface area (Å²) in [7, 11) is 1.63. The van der Waals surface area contributed by atoms with E-state index in [-0.39, 0.29) is 0 Å². The molecule has 0 aliphatic heterocycles. The van der Waals surface area contributed by atoms with Gasteiger partial charge in [0.05, 0.1) is 7.11 Å². The second-order valence-electron chi connectivity index (χ2n) is 3.73. The third-order valence-corrected chi connectivity index (χ3v) is 3.34. The molecule has 0 saturated heterocycles. The number of methoxy groups -OCH3 is 1. The van der Waals surface area contributed by atoms with Crippen LogP contribution in [0.1, 0.15) is 17.2 Å². The molecule has 3 heteroatoms. The fourth-order valence-corrected chi connectivity index (χ4v) is 1.98. The maximum absolute atomic E-state index is 10.2. The first-order valence-electron chi connectivity index (χ1n) is 5.28. The van der Waals surface area contributed by atoms with Crippen LogP contribution in [0, 0.1) is 3.57 Å². The number of hydrogen-bond donors (Lipinski definition) is 1. The minimum absolute atomic E-state index is 0.585. The van der Waals surface area contributed by atoms with E-state index < -0.39 is 6.10 Å². The molecule has 0 fully saturated rings. The largest absolute Gasteiger partial charge is 0.497 e. The van der Waals surface area contributed by atoms with Crippen molar-refractivity contribution < 1.29 is 9.84 Å². The van der Waals surface area contributed by atoms with Crippen LogP contribution in [0.5, 0.6) is 5.75 Å². The van der Waals surface area contributed by atoms with Crippen LogP contribution in [-0.2, 0) is 0 Å². The Morgan fingerprint density at radius 2 is 1.41 bits per heavy atom. The Hall–Kier alpha value is -1.07. The Morgan fingerprint density at radius 3 is 1.88 bits per heavy atom. The average Bonchev–Trinajstić information content (AvgIpc) is 2.39. The summed E-state index contributed by atoms with van der Waals surface area (Å²) >= 11 is 2.25. The van der Waals surface area contributed by atoms with E-state index in [0.29, 0.717) is 0 Å². The second kappa shape index (κ2) is 5.51. The van der Waals surface area contributed by atoms with Crippen molar-refractivity contribution in [1.82, 2.24) is 0 Å². The molecule has 0 aromatic heterocycles. The summed E-state index contributed by atoms with van der Waals surface area (Å²) in [5, 5.41) is 10.2. The van der Waals surface area contributed by atoms with E-state index in [2.05, 4.69) is 22.6 Å². The molecule has 0 bridgehead atoms. The highest BCUT2D eigenvalue weighted by Gasteiger charge is 2.09. The summed E-state index contributed by atoms with van der Waals surface area (Å²) in [4.78, 5) is 0. The number of benzene rings is 2. The van der Waals surface area contributed by atoms with Crippen molar-refractivity contribution in [1.29, 1.82) is 0 Å². The Morgan fingerprint density at radius 1 is 0.941 bits per heavy atom. The number of halogens is 1. The van der Waals surface area contributed by atoms with Gasteiger partial charge >= 0.3 is 0 Å². The molecule has 0 aliphatic carbocycles. The molecule has 1 unspecified atom stereocenters. The summed E-state index contributed by atoms with van der Waals surface area (Å²) in [5.41, 5.74) is 1.77. The van der Waals surface area contributed by atoms with Crippen molar-refractivity contribution in [3.8, 4) is 5.75 Å². The smallest absolute Gasteiger partial charge is 0.118 e. The zero-order valence-corrected chi connectivity index (χ0v) is 11.6. The normalized spacial score (nSPS) is 12.2. The van der Waals surface area contributed by atoms with Gasteiger partial charge in [-0.15, -0.1) is 0 Å². The standard InChI is InChI=1S/C14H13IO2/c1-17-13-8-4-11(5-9-13)14(16)10-2-6-12(15)7-3-10/h2-9,14,16H,1H3. The minimum atomic E-state index is -0.585. The van der Waals surface area contributed by atoms with Crippen LogP contribution in [0.3, 0.4) is 0 Å². The first kappa shape index (κ1) is 12.4. The van der Waals surface area contributed by atoms with Crippen molar-refractivity contribution in [2.45, 2.75) is 6.10 Å². The molecule has 1 atom stereocenters. The van der Waals surface area contributed by atoms with Gasteiger partial charge in [0.2, 0.25) is 0 Å². The lowest BCUT2D eigenvalue weighted by Gasteiger charge is -2.12. The molecule has 0 saturated carbocycles. The number of rotatable bonds is 3. The molecule has 2 nitrogen and oxygen atoms in total. The van der Waals surface area contributed by atoms with Gasteiger partial charge in [-0.3, -0.25) is 0 Å². The van der Waals surface area contributed by atoms with Gasteiger partial charge in [0, 0.05) is 3.57 Å². The average molecular weight is 340 g/mol. The van der Waals surface area contributed by atoms with Crippen LogP contribution >= 0.6 is 22.6 Å². The SMILES string of the molecule is COc1ccc(C(O)c2ccc(I)cc2)cc1. The molecule has 1 N–H and O–H groups in total. The zero-order chi connectivity index (χ0) is 12.3. The van der Waals surface area contributed by atoms with Crippen LogP contribution in [0.4, 0.5) is 0 Å². The molecule has 2 aromatic carbocycles. The van der Waals surface area contributed by atoms with E-state index in [1.54, 1.807) is 7.11 Å². The number of hydrogen-bond acceptors (Lipinski definition) is 2. The Kier molecular flexibility index (Phi) is 4.02. The first-order valence-corrected chi connectivity index (χ1v) is 6.36. The Balaban J connectivity index is 2.23. The lowest BCUT2D eigenvalue weighted by molar-refractivity contribution is 0.220. The van der Waals surface area contributed by atoms with Gasteiger partial charge in [0.15, 0.2) is 0 Å². The van der Waals surface area contributed by atoms with E-state index >= 15 is 0 Å². The highest BCUT2D eigenvalue weighted by atomic mass is 127. The van der Waals surface area contributed by atoms with Crippen molar-refractivity contribution >= 4 is 22.6 Å². The number of aliphatic hydroxyl groups excluding tert-OH is 1. The molecule has 0 aliphatic rings. The third-order valence-electron chi connectivity index (χ3n) is 2.62. The van der Waals surface area contributed by atoms with Crippen LogP contribution in [0.2, 0.25) is 0 Å². The summed E-state index contributed by atoms with van der Waals surface area (Å²) in [6.45, 7) is 0. The van der Waals surface area contributed by atoms with Gasteiger partial charge in [-0.05, 0) is 58.0 Å². The number of aliphatic hydroxyl groups is 1. The van der Waals surface area contributed by atoms with Gasteiger partial charge in [-0.2, -0.15) is 0 Å². The minimum Gasteiger partial charge on any atom is -0.497 e. The van der Waals surface area contributed by atoms with Crippen molar-refractivity contribution in [3.63, 3.8) is 0 Å². The van der Waals surface area contributed by atoms with Crippen LogP contribution in [0.15, 0.2) is 48.5 Å². The predicted octanol–water partition coefficient (Wildman–Crippen LogP) is 3.38. The Labute approximate surface area is 114 Å². The fraction of sp³-hybridized carbons (Fsp3) is 0.143. The van der Waals surface area contributed by atoms with Crippen LogP contribution in [0.25, 0.3) is 0 Å². The van der Waals surface area contributed by atoms with E-state index in [1.807, 2.05) is 48.5 Å². The van der Waals surface area contributed by atoms with Crippen molar-refractivity contribution in [3.05, 3.63) is 63.2 Å².